The maximum absolute atomic E-state index is 13.0. The number of anilines is 1. The van der Waals surface area contributed by atoms with Crippen LogP contribution in [-0.2, 0) is 14.3 Å². The highest BCUT2D eigenvalue weighted by atomic mass is 16.6. The van der Waals surface area contributed by atoms with Gasteiger partial charge in [-0.2, -0.15) is 0 Å². The Hall–Kier alpha value is -1.83. The van der Waals surface area contributed by atoms with Crippen molar-refractivity contribution in [1.29, 1.82) is 0 Å². The van der Waals surface area contributed by atoms with Crippen LogP contribution in [0.2, 0.25) is 0 Å². The third-order valence-electron chi connectivity index (χ3n) is 9.70. The number of aliphatic hydroxyl groups is 1. The molecule has 4 aliphatic rings. The van der Waals surface area contributed by atoms with E-state index in [2.05, 4.69) is 35.8 Å². The van der Waals surface area contributed by atoms with Gasteiger partial charge in [0, 0.05) is 62.9 Å². The van der Waals surface area contributed by atoms with Gasteiger partial charge in [0.25, 0.3) is 0 Å². The lowest BCUT2D eigenvalue weighted by atomic mass is 9.49. The van der Waals surface area contributed by atoms with Crippen LogP contribution in [-0.4, -0.2) is 80.2 Å². The molecule has 0 aromatic heterocycles. The molecule has 188 valence electrons. The second-order valence-electron chi connectivity index (χ2n) is 11.4. The molecular weight excluding hydrogens is 432 g/mol. The van der Waals surface area contributed by atoms with Crippen molar-refractivity contribution >= 4 is 11.7 Å². The van der Waals surface area contributed by atoms with E-state index in [1.165, 1.54) is 5.69 Å². The molecule has 7 heteroatoms. The predicted molar refractivity (Wildman–Crippen MR) is 130 cm³/mol. The van der Waals surface area contributed by atoms with Gasteiger partial charge in [-0.25, -0.2) is 0 Å². The SMILES string of the molecule is COc1cccc(N2CCN(CC3C(=O)OC4CC5(C)CCCC(C)(OC)C5(O)CC43)CC2)c1. The molecule has 0 spiro atoms. The first-order valence-electron chi connectivity index (χ1n) is 12.8. The van der Waals surface area contributed by atoms with Gasteiger partial charge in [0.15, 0.2) is 0 Å². The summed E-state index contributed by atoms with van der Waals surface area (Å²) in [6.45, 7) is 8.53. The summed E-state index contributed by atoms with van der Waals surface area (Å²) in [7, 11) is 3.41. The Morgan fingerprint density at radius 3 is 2.59 bits per heavy atom. The largest absolute Gasteiger partial charge is 0.497 e. The van der Waals surface area contributed by atoms with Crippen molar-refractivity contribution in [3.8, 4) is 5.75 Å². The van der Waals surface area contributed by atoms with Crippen LogP contribution in [0.15, 0.2) is 24.3 Å². The summed E-state index contributed by atoms with van der Waals surface area (Å²) in [4.78, 5) is 17.8. The first kappa shape index (κ1) is 23.9. The molecule has 5 rings (SSSR count). The highest BCUT2D eigenvalue weighted by Crippen LogP contribution is 2.61. The summed E-state index contributed by atoms with van der Waals surface area (Å²) in [6.07, 6.45) is 4.01. The van der Waals surface area contributed by atoms with E-state index < -0.39 is 11.2 Å². The van der Waals surface area contributed by atoms with Crippen LogP contribution in [0.4, 0.5) is 5.69 Å². The lowest BCUT2D eigenvalue weighted by Gasteiger charge is -2.62. The minimum Gasteiger partial charge on any atom is -0.497 e. The molecule has 1 aromatic carbocycles. The summed E-state index contributed by atoms with van der Waals surface area (Å²) in [5.41, 5.74) is -0.673. The lowest BCUT2D eigenvalue weighted by molar-refractivity contribution is -0.270. The van der Waals surface area contributed by atoms with Crippen molar-refractivity contribution in [2.45, 2.75) is 63.3 Å². The van der Waals surface area contributed by atoms with Gasteiger partial charge in [-0.1, -0.05) is 13.0 Å². The third kappa shape index (κ3) is 3.71. The number of benzene rings is 1. The van der Waals surface area contributed by atoms with Gasteiger partial charge >= 0.3 is 5.97 Å². The Morgan fingerprint density at radius 1 is 1.12 bits per heavy atom. The van der Waals surface area contributed by atoms with Crippen LogP contribution in [0.3, 0.4) is 0 Å². The van der Waals surface area contributed by atoms with E-state index in [0.717, 1.165) is 57.6 Å². The first-order valence-corrected chi connectivity index (χ1v) is 12.8. The smallest absolute Gasteiger partial charge is 0.310 e. The second-order valence-corrected chi connectivity index (χ2v) is 11.4. The predicted octanol–water partition coefficient (Wildman–Crippen LogP) is 3.10. The summed E-state index contributed by atoms with van der Waals surface area (Å²) in [5, 5.41) is 12.1. The van der Waals surface area contributed by atoms with E-state index in [-0.39, 0.29) is 29.3 Å². The molecule has 6 unspecified atom stereocenters. The Bertz CT molecular complexity index is 918. The maximum atomic E-state index is 13.0. The summed E-state index contributed by atoms with van der Waals surface area (Å²) in [6, 6.07) is 8.18. The topological polar surface area (TPSA) is 71.5 Å². The standard InChI is InChI=1S/C27H40N2O5/c1-25-9-6-10-26(2,33-4)27(25,31)16-21-22(24(30)34-23(21)17-25)18-28-11-13-29(14-12-28)19-7-5-8-20(15-19)32-3/h5,7-8,15,21-23,31H,6,9-14,16-18H2,1-4H3. The van der Waals surface area contributed by atoms with Gasteiger partial charge < -0.3 is 24.2 Å². The fourth-order valence-electron chi connectivity index (χ4n) is 7.37. The molecule has 7 nitrogen and oxygen atoms in total. The lowest BCUT2D eigenvalue weighted by Crippen LogP contribution is -2.69. The summed E-state index contributed by atoms with van der Waals surface area (Å²) >= 11 is 0. The number of rotatable bonds is 5. The highest BCUT2D eigenvalue weighted by Gasteiger charge is 2.67. The van der Waals surface area contributed by atoms with Crippen LogP contribution in [0.25, 0.3) is 0 Å². The molecule has 0 bridgehead atoms. The van der Waals surface area contributed by atoms with E-state index >= 15 is 0 Å². The number of piperazine rings is 1. The van der Waals surface area contributed by atoms with Crippen LogP contribution in [0, 0.1) is 17.3 Å². The van der Waals surface area contributed by atoms with Crippen molar-refractivity contribution in [3.63, 3.8) is 0 Å². The van der Waals surface area contributed by atoms with Crippen LogP contribution in [0.5, 0.6) is 5.75 Å². The number of carbonyl (C=O) groups is 1. The van der Waals surface area contributed by atoms with E-state index in [1.54, 1.807) is 14.2 Å². The number of fused-ring (bicyclic) bond motifs is 2. The number of ether oxygens (including phenoxy) is 3. The zero-order valence-electron chi connectivity index (χ0n) is 21.1. The molecule has 2 aliphatic heterocycles. The van der Waals surface area contributed by atoms with Crippen molar-refractivity contribution in [2.75, 3.05) is 51.8 Å². The van der Waals surface area contributed by atoms with Crippen molar-refractivity contribution in [1.82, 2.24) is 4.90 Å². The second kappa shape index (κ2) is 8.68. The summed E-state index contributed by atoms with van der Waals surface area (Å²) in [5.74, 6) is 0.627. The maximum Gasteiger partial charge on any atom is 0.310 e. The van der Waals surface area contributed by atoms with E-state index in [0.29, 0.717) is 13.0 Å². The Morgan fingerprint density at radius 2 is 1.88 bits per heavy atom. The number of hydrogen-bond donors (Lipinski definition) is 1. The average molecular weight is 473 g/mol. The van der Waals surface area contributed by atoms with E-state index in [9.17, 15) is 9.90 Å². The van der Waals surface area contributed by atoms with Crippen molar-refractivity contribution in [2.24, 2.45) is 17.3 Å². The fourth-order valence-corrected chi connectivity index (χ4v) is 7.37. The molecule has 2 saturated carbocycles. The Balaban J connectivity index is 1.27. The van der Waals surface area contributed by atoms with Gasteiger partial charge in [0.1, 0.15) is 11.9 Å². The van der Waals surface area contributed by atoms with Crippen LogP contribution in [0.1, 0.15) is 46.0 Å². The van der Waals surface area contributed by atoms with Gasteiger partial charge in [-0.3, -0.25) is 9.69 Å². The van der Waals surface area contributed by atoms with Crippen molar-refractivity contribution in [3.05, 3.63) is 24.3 Å². The van der Waals surface area contributed by atoms with Gasteiger partial charge in [0.05, 0.1) is 24.2 Å². The minimum atomic E-state index is -0.953. The number of carbonyl (C=O) groups excluding carboxylic acids is 1. The average Bonchev–Trinajstić information content (AvgIpc) is 3.12. The molecule has 2 saturated heterocycles. The highest BCUT2D eigenvalue weighted by molar-refractivity contribution is 5.75. The quantitative estimate of drug-likeness (QED) is 0.661. The monoisotopic (exact) mass is 472 g/mol. The fraction of sp³-hybridized carbons (Fsp3) is 0.741. The number of methoxy groups -OCH3 is 2. The molecule has 1 aromatic rings. The molecule has 2 heterocycles. The zero-order chi connectivity index (χ0) is 24.1. The molecule has 6 atom stereocenters. The normalized spacial score (nSPS) is 40.4. The molecule has 0 amide bonds. The zero-order valence-corrected chi connectivity index (χ0v) is 21.1. The van der Waals surface area contributed by atoms with Crippen molar-refractivity contribution < 1.29 is 24.1 Å². The third-order valence-corrected chi connectivity index (χ3v) is 9.70. The number of hydrogen-bond acceptors (Lipinski definition) is 7. The minimum absolute atomic E-state index is 0.0366. The van der Waals surface area contributed by atoms with E-state index in [4.69, 9.17) is 14.2 Å². The van der Waals surface area contributed by atoms with Gasteiger partial charge in [-0.05, 0) is 51.2 Å². The molecule has 4 fully saturated rings. The Labute approximate surface area is 203 Å². The van der Waals surface area contributed by atoms with Crippen LogP contribution < -0.4 is 9.64 Å². The molecule has 0 radical (unpaired) electrons. The molecule has 2 aliphatic carbocycles. The molecular formula is C27H40N2O5. The molecule has 34 heavy (non-hydrogen) atoms. The van der Waals surface area contributed by atoms with Gasteiger partial charge in [0.2, 0.25) is 0 Å². The first-order chi connectivity index (χ1) is 16.2. The molecule has 1 N–H and O–H groups in total. The van der Waals surface area contributed by atoms with Crippen LogP contribution >= 0.6 is 0 Å². The Kier molecular flexibility index (Phi) is 6.10. The number of nitrogens with zero attached hydrogens (tertiary/aromatic N) is 2. The van der Waals surface area contributed by atoms with E-state index in [1.807, 2.05) is 12.1 Å². The summed E-state index contributed by atoms with van der Waals surface area (Å²) < 4.78 is 17.3. The number of esters is 1. The van der Waals surface area contributed by atoms with Gasteiger partial charge in [-0.15, -0.1) is 0 Å².